The standard InChI is InChI=1S/C40H38F3N5O7S/c1-23(26-11-13-27(14-12-26)40(41,42)43)35-38(53)46-30(20-24-6-3-2-4-7-24)36(51)47-32(39(54)55)21-25-9-15-28(16-10-25)44-33(49)17-18-34(50)45-31(37(52)48-35)22-29-8-5-19-56-29/h2-16,19,30-32,35H,1,17-18,20-22H2,(H,44,49)(H,45,50)(H,46,53)(H,47,51)(H,48,52)(H,54,55). The molecule has 0 saturated carbocycles. The summed E-state index contributed by atoms with van der Waals surface area (Å²) < 4.78 is 40.3. The number of halogens is 3. The Balaban J connectivity index is 1.54. The average molecular weight is 790 g/mol. The molecule has 3 aromatic carbocycles. The van der Waals surface area contributed by atoms with Crippen LogP contribution in [0.3, 0.4) is 0 Å². The summed E-state index contributed by atoms with van der Waals surface area (Å²) in [5.41, 5.74) is 0.396. The molecular formula is C40H38F3N5O7S. The highest BCUT2D eigenvalue weighted by atomic mass is 32.1. The van der Waals surface area contributed by atoms with Crippen molar-refractivity contribution in [3.63, 3.8) is 0 Å². The van der Waals surface area contributed by atoms with E-state index in [9.17, 15) is 47.0 Å². The molecule has 0 spiro atoms. The molecule has 1 aromatic heterocycles. The Kier molecular flexibility index (Phi) is 13.4. The molecule has 5 amide bonds. The Bertz CT molecular complexity index is 2060. The normalized spacial score (nSPS) is 20.4. The van der Waals surface area contributed by atoms with Crippen LogP contribution in [0, 0.1) is 0 Å². The van der Waals surface area contributed by atoms with Gasteiger partial charge in [0.15, 0.2) is 0 Å². The van der Waals surface area contributed by atoms with Crippen LogP contribution in [-0.4, -0.2) is 64.8 Å². The van der Waals surface area contributed by atoms with Crippen LogP contribution < -0.4 is 26.6 Å². The molecule has 6 rings (SSSR count). The van der Waals surface area contributed by atoms with E-state index in [-0.39, 0.29) is 43.2 Å². The van der Waals surface area contributed by atoms with Crippen molar-refractivity contribution in [2.75, 3.05) is 5.32 Å². The van der Waals surface area contributed by atoms with E-state index >= 15 is 0 Å². The number of benzene rings is 3. The predicted octanol–water partition coefficient (Wildman–Crippen LogP) is 4.26. The molecule has 2 aliphatic rings. The summed E-state index contributed by atoms with van der Waals surface area (Å²) in [5, 5.41) is 24.8. The van der Waals surface area contributed by atoms with E-state index in [2.05, 4.69) is 33.2 Å². The third-order valence-electron chi connectivity index (χ3n) is 8.90. The first kappa shape index (κ1) is 40.9. The number of hydrogen-bond acceptors (Lipinski definition) is 7. The number of fused-ring (bicyclic) bond motifs is 18. The van der Waals surface area contributed by atoms with E-state index in [1.54, 1.807) is 72.1 Å². The van der Waals surface area contributed by atoms with Crippen molar-refractivity contribution >= 4 is 58.1 Å². The number of nitrogens with one attached hydrogen (secondary N) is 5. The van der Waals surface area contributed by atoms with Gasteiger partial charge >= 0.3 is 12.1 Å². The molecule has 2 aliphatic heterocycles. The van der Waals surface area contributed by atoms with Crippen molar-refractivity contribution in [2.24, 2.45) is 0 Å². The molecule has 56 heavy (non-hydrogen) atoms. The summed E-state index contributed by atoms with van der Waals surface area (Å²) in [6.45, 7) is 3.93. The number of anilines is 1. The zero-order chi connectivity index (χ0) is 40.4. The lowest BCUT2D eigenvalue weighted by molar-refractivity contribution is -0.142. The molecule has 0 radical (unpaired) electrons. The maximum Gasteiger partial charge on any atom is 0.416 e. The molecule has 0 aliphatic carbocycles. The molecule has 0 saturated heterocycles. The second kappa shape index (κ2) is 18.4. The van der Waals surface area contributed by atoms with Crippen molar-refractivity contribution in [1.29, 1.82) is 0 Å². The number of carbonyl (C=O) groups is 6. The van der Waals surface area contributed by atoms with Crippen LogP contribution in [0.1, 0.15) is 40.0 Å². The molecule has 4 atom stereocenters. The van der Waals surface area contributed by atoms with Gasteiger partial charge in [0.25, 0.3) is 0 Å². The van der Waals surface area contributed by atoms with E-state index in [1.807, 2.05) is 0 Å². The lowest BCUT2D eigenvalue weighted by atomic mass is 9.96. The highest BCUT2D eigenvalue weighted by molar-refractivity contribution is 7.09. The first-order chi connectivity index (χ1) is 26.7. The van der Waals surface area contributed by atoms with Gasteiger partial charge in [-0.2, -0.15) is 13.2 Å². The van der Waals surface area contributed by atoms with Gasteiger partial charge in [0.1, 0.15) is 24.2 Å². The number of carboxylic acids is 1. The van der Waals surface area contributed by atoms with E-state index in [0.29, 0.717) is 21.7 Å². The minimum Gasteiger partial charge on any atom is -0.480 e. The predicted molar refractivity (Wildman–Crippen MR) is 202 cm³/mol. The first-order valence-electron chi connectivity index (χ1n) is 17.4. The molecule has 2 bridgehead atoms. The monoisotopic (exact) mass is 789 g/mol. The molecule has 3 heterocycles. The summed E-state index contributed by atoms with van der Waals surface area (Å²) in [6, 6.07) is 16.1. The Labute approximate surface area is 323 Å². The Morgan fingerprint density at radius 3 is 2.00 bits per heavy atom. The quantitative estimate of drug-likeness (QED) is 0.151. The van der Waals surface area contributed by atoms with Crippen molar-refractivity contribution in [3.8, 4) is 0 Å². The number of carboxylic acid groups (broad SMARTS) is 1. The summed E-state index contributed by atoms with van der Waals surface area (Å²) in [4.78, 5) is 81.2. The van der Waals surface area contributed by atoms with Crippen LogP contribution in [0.2, 0.25) is 0 Å². The summed E-state index contributed by atoms with van der Waals surface area (Å²) in [5.74, 6) is -5.27. The Morgan fingerprint density at radius 2 is 1.38 bits per heavy atom. The molecule has 12 nitrogen and oxygen atoms in total. The third-order valence-corrected chi connectivity index (χ3v) is 9.80. The topological polar surface area (TPSA) is 183 Å². The molecule has 16 heteroatoms. The highest BCUT2D eigenvalue weighted by Gasteiger charge is 2.35. The van der Waals surface area contributed by atoms with Gasteiger partial charge in [-0.3, -0.25) is 24.0 Å². The van der Waals surface area contributed by atoms with Crippen LogP contribution in [0.25, 0.3) is 5.57 Å². The van der Waals surface area contributed by atoms with Crippen molar-refractivity contribution in [2.45, 2.75) is 62.4 Å². The summed E-state index contributed by atoms with van der Waals surface area (Å²) in [6.07, 6.45) is -5.54. The van der Waals surface area contributed by atoms with Gasteiger partial charge in [-0.1, -0.05) is 67.2 Å². The number of rotatable bonds is 7. The van der Waals surface area contributed by atoms with Crippen LogP contribution in [0.5, 0.6) is 0 Å². The Morgan fingerprint density at radius 1 is 0.732 bits per heavy atom. The molecule has 4 aromatic rings. The molecular weight excluding hydrogens is 752 g/mol. The van der Waals surface area contributed by atoms with Gasteiger partial charge in [0.05, 0.1) is 5.56 Å². The van der Waals surface area contributed by atoms with Gasteiger partial charge in [-0.05, 0) is 58.0 Å². The minimum atomic E-state index is -4.66. The fourth-order valence-electron chi connectivity index (χ4n) is 5.90. The van der Waals surface area contributed by atoms with Gasteiger partial charge in [-0.25, -0.2) is 4.79 Å². The fraction of sp³-hybridized carbons (Fsp3) is 0.250. The van der Waals surface area contributed by atoms with Crippen molar-refractivity contribution in [3.05, 3.63) is 130 Å². The maximum absolute atomic E-state index is 14.3. The zero-order valence-corrected chi connectivity index (χ0v) is 30.5. The fourth-order valence-corrected chi connectivity index (χ4v) is 6.65. The number of alkyl halides is 3. The third kappa shape index (κ3) is 11.4. The second-order valence-electron chi connectivity index (χ2n) is 13.0. The van der Waals surface area contributed by atoms with Crippen LogP contribution in [-0.2, 0) is 54.2 Å². The summed E-state index contributed by atoms with van der Waals surface area (Å²) >= 11 is 1.30. The van der Waals surface area contributed by atoms with Crippen molar-refractivity contribution < 1.29 is 47.0 Å². The number of amides is 5. The maximum atomic E-state index is 14.3. The van der Waals surface area contributed by atoms with Crippen LogP contribution >= 0.6 is 11.3 Å². The van der Waals surface area contributed by atoms with Crippen molar-refractivity contribution in [1.82, 2.24) is 21.3 Å². The van der Waals surface area contributed by atoms with E-state index < -0.39 is 71.4 Å². The van der Waals surface area contributed by atoms with Gasteiger partial charge in [0.2, 0.25) is 29.5 Å². The number of aliphatic carboxylic acids is 1. The van der Waals surface area contributed by atoms with Crippen LogP contribution in [0.4, 0.5) is 18.9 Å². The smallest absolute Gasteiger partial charge is 0.416 e. The molecule has 6 N–H and O–H groups in total. The van der Waals surface area contributed by atoms with E-state index in [1.165, 1.54) is 11.3 Å². The van der Waals surface area contributed by atoms with Crippen LogP contribution in [0.15, 0.2) is 103 Å². The van der Waals surface area contributed by atoms with E-state index in [0.717, 1.165) is 24.3 Å². The van der Waals surface area contributed by atoms with E-state index in [4.69, 9.17) is 0 Å². The minimum absolute atomic E-state index is 0.0233. The lowest BCUT2D eigenvalue weighted by Gasteiger charge is -2.27. The lowest BCUT2D eigenvalue weighted by Crippen LogP contribution is -2.58. The number of hydrogen-bond donors (Lipinski definition) is 6. The molecule has 0 fully saturated rings. The average Bonchev–Trinajstić information content (AvgIpc) is 3.68. The largest absolute Gasteiger partial charge is 0.480 e. The Hall–Kier alpha value is -6.29. The summed E-state index contributed by atoms with van der Waals surface area (Å²) in [7, 11) is 0. The first-order valence-corrected chi connectivity index (χ1v) is 18.3. The SMILES string of the molecule is C=C(c1ccc(C(F)(F)F)cc1)C1NC(=O)C(Cc2cccs2)NC(=O)CCC(=O)Nc2ccc(cc2)CC(C(=O)O)NC(=O)C(Cc2ccccc2)NC1=O. The van der Waals surface area contributed by atoms with Gasteiger partial charge < -0.3 is 31.7 Å². The highest BCUT2D eigenvalue weighted by Crippen LogP contribution is 2.30. The van der Waals surface area contributed by atoms with Gasteiger partial charge in [-0.15, -0.1) is 11.3 Å². The number of carbonyl (C=O) groups excluding carboxylic acids is 5. The van der Waals surface area contributed by atoms with Gasteiger partial charge in [0, 0.05) is 42.7 Å². The molecule has 292 valence electrons. The number of thiophene rings is 1. The zero-order valence-electron chi connectivity index (χ0n) is 29.7. The second-order valence-corrected chi connectivity index (χ2v) is 14.1. The molecule has 4 unspecified atom stereocenters.